The summed E-state index contributed by atoms with van der Waals surface area (Å²) in [4.78, 5) is 21.3. The molecule has 2 heterocycles. The first-order valence-corrected chi connectivity index (χ1v) is 6.77. The molecule has 106 valence electrons. The van der Waals surface area contributed by atoms with Gasteiger partial charge in [-0.25, -0.2) is 0 Å². The van der Waals surface area contributed by atoms with Gasteiger partial charge in [0.1, 0.15) is 0 Å². The number of hydrogen-bond donors (Lipinski definition) is 1. The van der Waals surface area contributed by atoms with Crippen molar-refractivity contribution < 1.29 is 9.63 Å². The Labute approximate surface area is 122 Å². The molecule has 0 saturated heterocycles. The van der Waals surface area contributed by atoms with Gasteiger partial charge in [-0.05, 0) is 17.2 Å². The number of rotatable bonds is 4. The minimum absolute atomic E-state index is 0.159. The molecule has 1 amide bonds. The third kappa shape index (κ3) is 3.25. The fraction of sp³-hybridized carbons (Fsp3) is 0.188. The zero-order chi connectivity index (χ0) is 14.5. The van der Waals surface area contributed by atoms with Gasteiger partial charge in [-0.2, -0.15) is 0 Å². The lowest BCUT2D eigenvalue weighted by molar-refractivity contribution is -0.131. The van der Waals surface area contributed by atoms with E-state index in [0.29, 0.717) is 13.0 Å². The number of benzene rings is 1. The Kier molecular flexibility index (Phi) is 3.91. The summed E-state index contributed by atoms with van der Waals surface area (Å²) in [5.41, 5.74) is 2.74. The lowest BCUT2D eigenvalue weighted by Crippen LogP contribution is -2.34. The molecule has 1 aliphatic rings. The number of nitrogens with zero attached hydrogens (tertiary/aromatic N) is 2. The molecular weight excluding hydrogens is 266 g/mol. The molecule has 1 N–H and O–H groups in total. The fourth-order valence-corrected chi connectivity index (χ4v) is 2.12. The van der Waals surface area contributed by atoms with E-state index in [2.05, 4.69) is 15.5 Å². The van der Waals surface area contributed by atoms with Gasteiger partial charge in [-0.1, -0.05) is 41.6 Å². The molecular formula is C16H15N3O2. The fourth-order valence-electron chi connectivity index (χ4n) is 2.12. The van der Waals surface area contributed by atoms with Crippen LogP contribution >= 0.6 is 0 Å². The first-order valence-electron chi connectivity index (χ1n) is 6.77. The highest BCUT2D eigenvalue weighted by atomic mass is 16.6. The molecule has 0 bridgehead atoms. The Morgan fingerprint density at radius 2 is 2.10 bits per heavy atom. The van der Waals surface area contributed by atoms with Crippen LogP contribution in [0, 0.1) is 0 Å². The summed E-state index contributed by atoms with van der Waals surface area (Å²) in [5, 5.41) is 6.84. The van der Waals surface area contributed by atoms with Crippen LogP contribution in [0.4, 0.5) is 0 Å². The van der Waals surface area contributed by atoms with Gasteiger partial charge in [0.2, 0.25) is 6.10 Å². The molecule has 0 spiro atoms. The highest BCUT2D eigenvalue weighted by molar-refractivity contribution is 6.04. The zero-order valence-corrected chi connectivity index (χ0v) is 11.4. The Hall–Kier alpha value is -2.69. The normalized spacial score (nSPS) is 17.0. The molecule has 1 aromatic heterocycles. The number of pyridine rings is 1. The number of carbonyl (C=O) groups is 1. The van der Waals surface area contributed by atoms with Crippen LogP contribution in [0.15, 0.2) is 60.0 Å². The SMILES string of the molecule is O=C(NCc1cccnc1)[C@@H]1CC(c2ccccc2)=NO1. The second-order valence-corrected chi connectivity index (χ2v) is 4.78. The van der Waals surface area contributed by atoms with E-state index in [-0.39, 0.29) is 5.91 Å². The summed E-state index contributed by atoms with van der Waals surface area (Å²) in [6.45, 7) is 0.438. The van der Waals surface area contributed by atoms with E-state index >= 15 is 0 Å². The van der Waals surface area contributed by atoms with Gasteiger partial charge in [0, 0.05) is 25.4 Å². The average Bonchev–Trinajstić information content (AvgIpc) is 3.04. The maximum atomic E-state index is 12.1. The van der Waals surface area contributed by atoms with Gasteiger partial charge < -0.3 is 10.2 Å². The summed E-state index contributed by atoms with van der Waals surface area (Å²) in [6, 6.07) is 13.5. The van der Waals surface area contributed by atoms with Crippen molar-refractivity contribution in [2.24, 2.45) is 5.16 Å². The second kappa shape index (κ2) is 6.17. The van der Waals surface area contributed by atoms with Crippen molar-refractivity contribution in [2.45, 2.75) is 19.1 Å². The molecule has 0 saturated carbocycles. The van der Waals surface area contributed by atoms with E-state index in [1.807, 2.05) is 42.5 Å². The van der Waals surface area contributed by atoms with E-state index < -0.39 is 6.10 Å². The van der Waals surface area contributed by atoms with E-state index in [1.165, 1.54) is 0 Å². The van der Waals surface area contributed by atoms with Gasteiger partial charge in [0.05, 0.1) is 5.71 Å². The molecule has 0 unspecified atom stereocenters. The third-order valence-corrected chi connectivity index (χ3v) is 3.26. The lowest BCUT2D eigenvalue weighted by atomic mass is 10.0. The molecule has 0 aliphatic carbocycles. The Balaban J connectivity index is 1.54. The monoisotopic (exact) mass is 281 g/mol. The molecule has 1 aliphatic heterocycles. The molecule has 5 nitrogen and oxygen atoms in total. The maximum Gasteiger partial charge on any atom is 0.264 e. The first kappa shape index (κ1) is 13.3. The van der Waals surface area contributed by atoms with Crippen LogP contribution in [0.3, 0.4) is 0 Å². The number of oxime groups is 1. The number of carbonyl (C=O) groups excluding carboxylic acids is 1. The van der Waals surface area contributed by atoms with Crippen LogP contribution < -0.4 is 5.32 Å². The second-order valence-electron chi connectivity index (χ2n) is 4.78. The smallest absolute Gasteiger partial charge is 0.264 e. The van der Waals surface area contributed by atoms with E-state index in [9.17, 15) is 4.79 Å². The van der Waals surface area contributed by atoms with Crippen LogP contribution in [-0.4, -0.2) is 22.7 Å². The average molecular weight is 281 g/mol. The number of amides is 1. The zero-order valence-electron chi connectivity index (χ0n) is 11.4. The minimum atomic E-state index is -0.558. The summed E-state index contributed by atoms with van der Waals surface area (Å²) in [7, 11) is 0. The van der Waals surface area contributed by atoms with Crippen LogP contribution in [0.5, 0.6) is 0 Å². The Bertz CT molecular complexity index is 641. The predicted octanol–water partition coefficient (Wildman–Crippen LogP) is 1.89. The lowest BCUT2D eigenvalue weighted by Gasteiger charge is -2.09. The van der Waals surface area contributed by atoms with Crippen molar-refractivity contribution in [1.29, 1.82) is 0 Å². The molecule has 1 aromatic carbocycles. The summed E-state index contributed by atoms with van der Waals surface area (Å²) < 4.78 is 0. The van der Waals surface area contributed by atoms with Crippen molar-refractivity contribution >= 4 is 11.6 Å². The summed E-state index contributed by atoms with van der Waals surface area (Å²) >= 11 is 0. The number of hydrogen-bond acceptors (Lipinski definition) is 4. The van der Waals surface area contributed by atoms with E-state index in [0.717, 1.165) is 16.8 Å². The standard InChI is InChI=1S/C16H15N3O2/c20-16(18-11-12-5-4-8-17-10-12)15-9-14(19-21-15)13-6-2-1-3-7-13/h1-8,10,15H,9,11H2,(H,18,20)/t15-/m0/s1. The molecule has 0 radical (unpaired) electrons. The molecule has 3 rings (SSSR count). The van der Waals surface area contributed by atoms with Gasteiger partial charge in [0.15, 0.2) is 0 Å². The van der Waals surface area contributed by atoms with Crippen LogP contribution in [0.2, 0.25) is 0 Å². The maximum absolute atomic E-state index is 12.1. The first-order chi connectivity index (χ1) is 10.3. The highest BCUT2D eigenvalue weighted by Crippen LogP contribution is 2.16. The van der Waals surface area contributed by atoms with E-state index in [1.54, 1.807) is 12.4 Å². The van der Waals surface area contributed by atoms with Gasteiger partial charge >= 0.3 is 0 Å². The largest absolute Gasteiger partial charge is 0.382 e. The number of aromatic nitrogens is 1. The van der Waals surface area contributed by atoms with Crippen molar-refractivity contribution in [3.05, 3.63) is 66.0 Å². The van der Waals surface area contributed by atoms with Crippen molar-refractivity contribution in [2.75, 3.05) is 0 Å². The number of nitrogens with one attached hydrogen (secondary N) is 1. The topological polar surface area (TPSA) is 63.6 Å². The molecule has 0 fully saturated rings. The van der Waals surface area contributed by atoms with Crippen LogP contribution in [0.1, 0.15) is 17.5 Å². The Morgan fingerprint density at radius 1 is 1.24 bits per heavy atom. The van der Waals surface area contributed by atoms with Crippen LogP contribution in [-0.2, 0) is 16.2 Å². The third-order valence-electron chi connectivity index (χ3n) is 3.26. The molecule has 2 aromatic rings. The van der Waals surface area contributed by atoms with Gasteiger partial charge in [-0.15, -0.1) is 0 Å². The van der Waals surface area contributed by atoms with Crippen molar-refractivity contribution in [3.8, 4) is 0 Å². The van der Waals surface area contributed by atoms with E-state index in [4.69, 9.17) is 4.84 Å². The quantitative estimate of drug-likeness (QED) is 0.930. The van der Waals surface area contributed by atoms with Crippen molar-refractivity contribution in [3.63, 3.8) is 0 Å². The summed E-state index contributed by atoms with van der Waals surface area (Å²) in [5.74, 6) is -0.159. The molecule has 5 heteroatoms. The Morgan fingerprint density at radius 3 is 2.86 bits per heavy atom. The molecule has 21 heavy (non-hydrogen) atoms. The van der Waals surface area contributed by atoms with Gasteiger partial charge in [0.25, 0.3) is 5.91 Å². The van der Waals surface area contributed by atoms with Crippen LogP contribution in [0.25, 0.3) is 0 Å². The van der Waals surface area contributed by atoms with Gasteiger partial charge in [-0.3, -0.25) is 9.78 Å². The molecule has 1 atom stereocenters. The minimum Gasteiger partial charge on any atom is -0.382 e. The summed E-state index contributed by atoms with van der Waals surface area (Å²) in [6.07, 6.45) is 3.35. The highest BCUT2D eigenvalue weighted by Gasteiger charge is 2.28. The van der Waals surface area contributed by atoms with Crippen molar-refractivity contribution in [1.82, 2.24) is 10.3 Å². The predicted molar refractivity (Wildman–Crippen MR) is 78.6 cm³/mol.